The molecule has 0 radical (unpaired) electrons. The lowest BCUT2D eigenvalue weighted by atomic mass is 10.2. The first-order valence-corrected chi connectivity index (χ1v) is 9.03. The molecule has 1 N–H and O–H groups in total. The van der Waals surface area contributed by atoms with Gasteiger partial charge in [0.15, 0.2) is 0 Å². The summed E-state index contributed by atoms with van der Waals surface area (Å²) in [5.41, 5.74) is 2.28. The van der Waals surface area contributed by atoms with Crippen LogP contribution in [0.2, 0.25) is 0 Å². The topological polar surface area (TPSA) is 49.4 Å². The van der Waals surface area contributed by atoms with Gasteiger partial charge < -0.3 is 10.2 Å². The Morgan fingerprint density at radius 1 is 1.04 bits per heavy atom. The minimum Gasteiger partial charge on any atom is -0.350 e. The Kier molecular flexibility index (Phi) is 5.54. The van der Waals surface area contributed by atoms with Crippen LogP contribution in [0.5, 0.6) is 0 Å². The summed E-state index contributed by atoms with van der Waals surface area (Å²) in [7, 11) is 0. The normalized spacial score (nSPS) is 16.6. The summed E-state index contributed by atoms with van der Waals surface area (Å²) in [5, 5.41) is 2.97. The predicted octanol–water partition coefficient (Wildman–Crippen LogP) is 2.79. The number of carbonyl (C=O) groups excluding carboxylic acids is 2. The monoisotopic (exact) mass is 340 g/mol. The molecule has 1 saturated heterocycles. The maximum absolute atomic E-state index is 12.1. The van der Waals surface area contributed by atoms with Crippen LogP contribution in [0.3, 0.4) is 0 Å². The molecule has 1 aliphatic heterocycles. The Balaban J connectivity index is 1.44. The van der Waals surface area contributed by atoms with Crippen molar-refractivity contribution in [2.24, 2.45) is 0 Å². The number of thioether (sulfide) groups is 1. The number of rotatable bonds is 7. The van der Waals surface area contributed by atoms with Crippen molar-refractivity contribution in [2.75, 3.05) is 6.54 Å². The molecule has 124 valence electrons. The number of hydrogen-bond donors (Lipinski definition) is 1. The minimum absolute atomic E-state index is 0.0513. The van der Waals surface area contributed by atoms with Crippen LogP contribution in [-0.4, -0.2) is 28.6 Å². The molecule has 5 heteroatoms. The molecular weight excluding hydrogens is 320 g/mol. The lowest BCUT2D eigenvalue weighted by Gasteiger charge is -2.39. The van der Waals surface area contributed by atoms with Crippen molar-refractivity contribution in [3.63, 3.8) is 0 Å². The number of benzene rings is 2. The number of likely N-dealkylation sites (tertiary alicyclic amines) is 1. The molecule has 1 fully saturated rings. The molecule has 1 atom stereocenters. The first-order chi connectivity index (χ1) is 11.7. The molecule has 24 heavy (non-hydrogen) atoms. The van der Waals surface area contributed by atoms with Gasteiger partial charge in [-0.15, -0.1) is 11.8 Å². The summed E-state index contributed by atoms with van der Waals surface area (Å²) in [6.07, 6.45) is 0.517. The molecule has 1 heterocycles. The van der Waals surface area contributed by atoms with Crippen LogP contribution in [0.1, 0.15) is 17.5 Å². The van der Waals surface area contributed by atoms with Gasteiger partial charge in [-0.05, 0) is 11.1 Å². The average molecular weight is 340 g/mol. The van der Waals surface area contributed by atoms with Gasteiger partial charge in [0.25, 0.3) is 0 Å². The van der Waals surface area contributed by atoms with Gasteiger partial charge >= 0.3 is 0 Å². The van der Waals surface area contributed by atoms with Gasteiger partial charge in [0, 0.05) is 12.3 Å². The Bertz CT molecular complexity index is 691. The molecule has 2 aromatic rings. The molecule has 0 aliphatic carbocycles. The highest BCUT2D eigenvalue weighted by atomic mass is 32.2. The number of nitrogens with one attached hydrogen (secondary N) is 1. The molecule has 0 bridgehead atoms. The number of nitrogens with zero attached hydrogens (tertiary/aromatic N) is 1. The fourth-order valence-corrected chi connectivity index (χ4v) is 3.75. The second-order valence-corrected chi connectivity index (χ2v) is 6.91. The van der Waals surface area contributed by atoms with E-state index >= 15 is 0 Å². The van der Waals surface area contributed by atoms with Gasteiger partial charge in [0.1, 0.15) is 6.54 Å². The lowest BCUT2D eigenvalue weighted by Crippen LogP contribution is -2.54. The first kappa shape index (κ1) is 16.6. The standard InChI is InChI=1S/C19H20N2O2S/c22-17(20-12-15-7-3-1-4-8-15)13-21-18(23)11-19(21)24-14-16-9-5-2-6-10-16/h1-10,19H,11-14H2,(H,20,22). The minimum atomic E-state index is -0.114. The van der Waals surface area contributed by atoms with Crippen molar-refractivity contribution in [1.82, 2.24) is 10.2 Å². The van der Waals surface area contributed by atoms with Crippen LogP contribution in [0, 0.1) is 0 Å². The molecule has 0 spiro atoms. The zero-order valence-corrected chi connectivity index (χ0v) is 14.2. The second kappa shape index (κ2) is 8.02. The largest absolute Gasteiger partial charge is 0.350 e. The molecule has 0 saturated carbocycles. The van der Waals surface area contributed by atoms with Gasteiger partial charge in [0.2, 0.25) is 11.8 Å². The number of β-lactam (4-membered cyclic amide) rings is 1. The summed E-state index contributed by atoms with van der Waals surface area (Å²) < 4.78 is 0. The quantitative estimate of drug-likeness (QED) is 0.789. The Morgan fingerprint density at radius 3 is 2.29 bits per heavy atom. The molecule has 1 unspecified atom stereocenters. The van der Waals surface area contributed by atoms with Crippen LogP contribution >= 0.6 is 11.8 Å². The Morgan fingerprint density at radius 2 is 1.67 bits per heavy atom. The van der Waals surface area contributed by atoms with E-state index < -0.39 is 0 Å². The third-order valence-corrected chi connectivity index (χ3v) is 5.25. The summed E-state index contributed by atoms with van der Waals surface area (Å²) in [6.45, 7) is 0.627. The van der Waals surface area contributed by atoms with E-state index in [1.165, 1.54) is 5.56 Å². The SMILES string of the molecule is O=C(CN1C(=O)CC1SCc1ccccc1)NCc1ccccc1. The van der Waals surface area contributed by atoms with Crippen molar-refractivity contribution in [1.29, 1.82) is 0 Å². The third kappa shape index (κ3) is 4.38. The van der Waals surface area contributed by atoms with Crippen LogP contribution in [0.25, 0.3) is 0 Å². The fraction of sp³-hybridized carbons (Fsp3) is 0.263. The van der Waals surface area contributed by atoms with E-state index in [-0.39, 0.29) is 23.7 Å². The number of amides is 2. The van der Waals surface area contributed by atoms with Gasteiger partial charge in [-0.3, -0.25) is 9.59 Å². The van der Waals surface area contributed by atoms with Gasteiger partial charge in [-0.2, -0.15) is 0 Å². The molecule has 2 aromatic carbocycles. The van der Waals surface area contributed by atoms with Gasteiger partial charge in [-0.1, -0.05) is 60.7 Å². The van der Waals surface area contributed by atoms with Gasteiger partial charge in [-0.25, -0.2) is 0 Å². The van der Waals surface area contributed by atoms with Crippen molar-refractivity contribution in [3.8, 4) is 0 Å². The zero-order chi connectivity index (χ0) is 16.8. The smallest absolute Gasteiger partial charge is 0.239 e. The second-order valence-electron chi connectivity index (χ2n) is 5.74. The molecule has 2 amide bonds. The summed E-state index contributed by atoms with van der Waals surface area (Å²) in [4.78, 5) is 25.5. The highest BCUT2D eigenvalue weighted by Gasteiger charge is 2.37. The van der Waals surface area contributed by atoms with Crippen LogP contribution in [-0.2, 0) is 21.9 Å². The number of hydrogen-bond acceptors (Lipinski definition) is 3. The Hall–Kier alpha value is -2.27. The summed E-state index contributed by atoms with van der Waals surface area (Å²) in [5.74, 6) is 0.786. The van der Waals surface area contributed by atoms with Crippen molar-refractivity contribution >= 4 is 23.6 Å². The average Bonchev–Trinajstić information content (AvgIpc) is 2.63. The highest BCUT2D eigenvalue weighted by Crippen LogP contribution is 2.31. The van der Waals surface area contributed by atoms with E-state index in [1.807, 2.05) is 48.5 Å². The van der Waals surface area contributed by atoms with E-state index in [1.54, 1.807) is 16.7 Å². The maximum Gasteiger partial charge on any atom is 0.239 e. The molecule has 0 aromatic heterocycles. The first-order valence-electron chi connectivity index (χ1n) is 7.98. The molecule has 4 nitrogen and oxygen atoms in total. The number of carbonyl (C=O) groups is 2. The van der Waals surface area contributed by atoms with Crippen LogP contribution < -0.4 is 5.32 Å². The maximum atomic E-state index is 12.1. The van der Waals surface area contributed by atoms with E-state index in [2.05, 4.69) is 17.4 Å². The molecule has 1 aliphatic rings. The van der Waals surface area contributed by atoms with Crippen LogP contribution in [0.4, 0.5) is 0 Å². The van der Waals surface area contributed by atoms with Crippen LogP contribution in [0.15, 0.2) is 60.7 Å². The third-order valence-electron chi connectivity index (χ3n) is 3.95. The Labute approximate surface area is 146 Å². The van der Waals surface area contributed by atoms with E-state index in [0.717, 1.165) is 11.3 Å². The van der Waals surface area contributed by atoms with Crippen molar-refractivity contribution in [2.45, 2.75) is 24.1 Å². The van der Waals surface area contributed by atoms with Gasteiger partial charge in [0.05, 0.1) is 11.8 Å². The fourth-order valence-electron chi connectivity index (χ4n) is 2.54. The van der Waals surface area contributed by atoms with Crippen molar-refractivity contribution < 1.29 is 9.59 Å². The van der Waals surface area contributed by atoms with E-state index in [9.17, 15) is 9.59 Å². The summed E-state index contributed by atoms with van der Waals surface area (Å²) in [6, 6.07) is 19.9. The predicted molar refractivity (Wildman–Crippen MR) is 96.1 cm³/mol. The summed E-state index contributed by atoms with van der Waals surface area (Å²) >= 11 is 1.71. The molecular formula is C19H20N2O2S. The zero-order valence-electron chi connectivity index (χ0n) is 13.4. The molecule has 3 rings (SSSR count). The van der Waals surface area contributed by atoms with E-state index in [4.69, 9.17) is 0 Å². The highest BCUT2D eigenvalue weighted by molar-refractivity contribution is 7.99. The van der Waals surface area contributed by atoms with Crippen molar-refractivity contribution in [3.05, 3.63) is 71.8 Å². The van der Waals surface area contributed by atoms with E-state index in [0.29, 0.717) is 13.0 Å². The lowest BCUT2D eigenvalue weighted by molar-refractivity contribution is -0.145.